The van der Waals surface area contributed by atoms with Crippen molar-refractivity contribution in [3.63, 3.8) is 0 Å². The highest BCUT2D eigenvalue weighted by molar-refractivity contribution is 7.43. The molecule has 0 radical (unpaired) electrons. The second-order valence-corrected chi connectivity index (χ2v) is 5.29. The molecule has 1 aliphatic rings. The van der Waals surface area contributed by atoms with Gasteiger partial charge in [-0.2, -0.15) is 4.89 Å². The van der Waals surface area contributed by atoms with Gasteiger partial charge in [-0.05, 0) is 22.5 Å². The SMILES string of the molecule is CC1C(Cl)C=C([P+](=O)O)CC1CCl. The lowest BCUT2D eigenvalue weighted by molar-refractivity contribution is 0.381. The molecule has 0 amide bonds. The molecule has 0 heterocycles. The number of rotatable bonds is 2. The van der Waals surface area contributed by atoms with E-state index in [0.29, 0.717) is 17.6 Å². The highest BCUT2D eigenvalue weighted by Crippen LogP contribution is 2.42. The summed E-state index contributed by atoms with van der Waals surface area (Å²) in [5.74, 6) is 0.985. The van der Waals surface area contributed by atoms with Crippen molar-refractivity contribution >= 4 is 31.2 Å². The third-order valence-electron chi connectivity index (χ3n) is 2.51. The summed E-state index contributed by atoms with van der Waals surface area (Å²) in [5, 5.41) is 0.373. The summed E-state index contributed by atoms with van der Waals surface area (Å²) in [6.07, 6.45) is 2.29. The van der Waals surface area contributed by atoms with Gasteiger partial charge in [0.25, 0.3) is 0 Å². The van der Waals surface area contributed by atoms with E-state index < -0.39 is 8.03 Å². The van der Waals surface area contributed by atoms with Crippen molar-refractivity contribution in [1.82, 2.24) is 0 Å². The fourth-order valence-electron chi connectivity index (χ4n) is 1.46. The predicted molar refractivity (Wildman–Crippen MR) is 55.5 cm³/mol. The van der Waals surface area contributed by atoms with E-state index in [2.05, 4.69) is 0 Å². The zero-order chi connectivity index (χ0) is 10.0. The summed E-state index contributed by atoms with van der Waals surface area (Å²) in [7, 11) is -2.23. The molecule has 0 aromatic carbocycles. The minimum atomic E-state index is -2.23. The quantitative estimate of drug-likeness (QED) is 0.596. The molecule has 4 unspecified atom stereocenters. The van der Waals surface area contributed by atoms with Crippen LogP contribution in [0.3, 0.4) is 0 Å². The molecule has 2 nitrogen and oxygen atoms in total. The summed E-state index contributed by atoms with van der Waals surface area (Å²) < 4.78 is 10.8. The van der Waals surface area contributed by atoms with Crippen LogP contribution in [0.2, 0.25) is 0 Å². The van der Waals surface area contributed by atoms with Crippen molar-refractivity contribution in [2.24, 2.45) is 11.8 Å². The van der Waals surface area contributed by atoms with E-state index >= 15 is 0 Å². The second kappa shape index (κ2) is 4.75. The smallest absolute Gasteiger partial charge is 0.156 e. The molecule has 0 fully saturated rings. The molecule has 0 aromatic heterocycles. The average Bonchev–Trinajstić information content (AvgIpc) is 2.09. The van der Waals surface area contributed by atoms with Crippen LogP contribution >= 0.6 is 31.2 Å². The van der Waals surface area contributed by atoms with Crippen molar-refractivity contribution in [2.75, 3.05) is 5.88 Å². The Morgan fingerprint density at radius 1 is 1.77 bits per heavy atom. The van der Waals surface area contributed by atoms with Crippen molar-refractivity contribution in [2.45, 2.75) is 18.7 Å². The Morgan fingerprint density at radius 2 is 2.38 bits per heavy atom. The molecule has 0 saturated carbocycles. The molecule has 1 aliphatic carbocycles. The predicted octanol–water partition coefficient (Wildman–Crippen LogP) is 3.11. The minimum absolute atomic E-state index is 0.168. The van der Waals surface area contributed by atoms with Crippen LogP contribution < -0.4 is 0 Å². The Bertz CT molecular complexity index is 242. The molecule has 5 heteroatoms. The largest absolute Gasteiger partial charge is 0.541 e. The molecule has 0 saturated heterocycles. The maximum absolute atomic E-state index is 10.8. The van der Waals surface area contributed by atoms with E-state index in [9.17, 15) is 4.57 Å². The van der Waals surface area contributed by atoms with Gasteiger partial charge in [0.2, 0.25) is 0 Å². The number of alkyl halides is 2. The van der Waals surface area contributed by atoms with Crippen LogP contribution in [0.5, 0.6) is 0 Å². The van der Waals surface area contributed by atoms with E-state index in [1.54, 1.807) is 6.08 Å². The van der Waals surface area contributed by atoms with E-state index in [-0.39, 0.29) is 17.2 Å². The van der Waals surface area contributed by atoms with Crippen LogP contribution in [0.25, 0.3) is 0 Å². The first-order valence-electron chi connectivity index (χ1n) is 4.13. The fraction of sp³-hybridized carbons (Fsp3) is 0.750. The zero-order valence-corrected chi connectivity index (χ0v) is 9.69. The topological polar surface area (TPSA) is 37.3 Å². The first-order chi connectivity index (χ1) is 6.06. The Kier molecular flexibility index (Phi) is 4.18. The standard InChI is InChI=1S/C8H11Cl2O2P/c1-5-6(4-9)2-7(13(11)12)3-8(5)10/h3,5-6,8H,2,4H2,1H3/p+1. The first-order valence-corrected chi connectivity index (χ1v) is 6.31. The lowest BCUT2D eigenvalue weighted by Gasteiger charge is -2.26. The molecule has 0 spiro atoms. The van der Waals surface area contributed by atoms with Gasteiger partial charge in [0, 0.05) is 12.3 Å². The lowest BCUT2D eigenvalue weighted by atomic mass is 9.85. The zero-order valence-electron chi connectivity index (χ0n) is 7.28. The Balaban J connectivity index is 2.81. The third kappa shape index (κ3) is 2.66. The number of hydrogen-bond donors (Lipinski definition) is 1. The van der Waals surface area contributed by atoms with Crippen molar-refractivity contribution in [3.05, 3.63) is 11.4 Å². The molecule has 1 rings (SSSR count). The van der Waals surface area contributed by atoms with Gasteiger partial charge in [0.05, 0.1) is 5.38 Å². The minimum Gasteiger partial charge on any atom is -0.156 e. The van der Waals surface area contributed by atoms with E-state index in [1.165, 1.54) is 0 Å². The molecular weight excluding hydrogens is 230 g/mol. The first kappa shape index (κ1) is 11.5. The summed E-state index contributed by atoms with van der Waals surface area (Å²) >= 11 is 11.8. The maximum atomic E-state index is 10.8. The normalized spacial score (nSPS) is 35.5. The van der Waals surface area contributed by atoms with E-state index in [1.807, 2.05) is 6.92 Å². The Morgan fingerprint density at radius 3 is 2.85 bits per heavy atom. The summed E-state index contributed by atoms with van der Waals surface area (Å²) in [6, 6.07) is 0. The monoisotopic (exact) mass is 241 g/mol. The van der Waals surface area contributed by atoms with Gasteiger partial charge in [-0.15, -0.1) is 23.2 Å². The van der Waals surface area contributed by atoms with E-state index in [0.717, 1.165) is 0 Å². The molecule has 0 aromatic rings. The number of hydrogen-bond acceptors (Lipinski definition) is 1. The van der Waals surface area contributed by atoms with Crippen LogP contribution in [0.1, 0.15) is 13.3 Å². The summed E-state index contributed by atoms with van der Waals surface area (Å²) in [6.45, 7) is 2.02. The molecule has 1 N–H and O–H groups in total. The van der Waals surface area contributed by atoms with Gasteiger partial charge in [-0.3, -0.25) is 0 Å². The Hall–Kier alpha value is 0.380. The second-order valence-electron chi connectivity index (χ2n) is 3.35. The van der Waals surface area contributed by atoms with Gasteiger partial charge in [0.15, 0.2) is 5.31 Å². The van der Waals surface area contributed by atoms with Crippen LogP contribution in [-0.4, -0.2) is 16.2 Å². The van der Waals surface area contributed by atoms with Gasteiger partial charge in [-0.1, -0.05) is 6.92 Å². The van der Waals surface area contributed by atoms with Crippen molar-refractivity contribution < 1.29 is 9.46 Å². The maximum Gasteiger partial charge on any atom is 0.541 e. The fourth-order valence-corrected chi connectivity index (χ4v) is 2.97. The third-order valence-corrected chi connectivity index (χ3v) is 4.26. The molecule has 13 heavy (non-hydrogen) atoms. The highest BCUT2D eigenvalue weighted by atomic mass is 35.5. The highest BCUT2D eigenvalue weighted by Gasteiger charge is 2.35. The molecule has 4 atom stereocenters. The Labute approximate surface area is 88.8 Å². The molecule has 0 aliphatic heterocycles. The molecule has 0 bridgehead atoms. The van der Waals surface area contributed by atoms with Crippen molar-refractivity contribution in [3.8, 4) is 0 Å². The van der Waals surface area contributed by atoms with Gasteiger partial charge in [-0.25, -0.2) is 0 Å². The molecular formula is C8H12Cl2O2P+. The van der Waals surface area contributed by atoms with Crippen LogP contribution in [0.15, 0.2) is 11.4 Å². The van der Waals surface area contributed by atoms with Gasteiger partial charge in [0.1, 0.15) is 0 Å². The molecule has 74 valence electrons. The lowest BCUT2D eigenvalue weighted by Crippen LogP contribution is -2.25. The summed E-state index contributed by atoms with van der Waals surface area (Å²) in [5.41, 5.74) is 0. The van der Waals surface area contributed by atoms with Crippen LogP contribution in [-0.2, 0) is 4.57 Å². The van der Waals surface area contributed by atoms with Crippen LogP contribution in [0, 0.1) is 11.8 Å². The van der Waals surface area contributed by atoms with E-state index in [4.69, 9.17) is 28.1 Å². The summed E-state index contributed by atoms with van der Waals surface area (Å²) in [4.78, 5) is 8.93. The number of halogens is 2. The van der Waals surface area contributed by atoms with Gasteiger partial charge >= 0.3 is 8.03 Å². The number of allylic oxidation sites excluding steroid dienone is 2. The van der Waals surface area contributed by atoms with Gasteiger partial charge < -0.3 is 0 Å². The van der Waals surface area contributed by atoms with Crippen molar-refractivity contribution in [1.29, 1.82) is 0 Å². The average molecular weight is 242 g/mol. The van der Waals surface area contributed by atoms with Crippen LogP contribution in [0.4, 0.5) is 0 Å².